The molecular formula is C16H24N2O2. The van der Waals surface area contributed by atoms with Crippen LogP contribution in [0.5, 0.6) is 0 Å². The van der Waals surface area contributed by atoms with Gasteiger partial charge in [0.1, 0.15) is 0 Å². The van der Waals surface area contributed by atoms with Crippen molar-refractivity contribution in [2.24, 2.45) is 0 Å². The summed E-state index contributed by atoms with van der Waals surface area (Å²) >= 11 is 0. The third-order valence-electron chi connectivity index (χ3n) is 3.64. The van der Waals surface area contributed by atoms with Crippen molar-refractivity contribution < 1.29 is 9.53 Å². The molecule has 0 radical (unpaired) electrons. The number of hydrogen-bond donors (Lipinski definition) is 1. The number of amides is 1. The van der Waals surface area contributed by atoms with Gasteiger partial charge < -0.3 is 15.0 Å². The number of hydrogen-bond acceptors (Lipinski definition) is 3. The van der Waals surface area contributed by atoms with Gasteiger partial charge in [-0.25, -0.2) is 0 Å². The Hall–Kier alpha value is -1.39. The third-order valence-corrected chi connectivity index (χ3v) is 3.64. The summed E-state index contributed by atoms with van der Waals surface area (Å²) in [5.41, 5.74) is 2.40. The van der Waals surface area contributed by atoms with E-state index in [1.807, 2.05) is 11.0 Å². The largest absolute Gasteiger partial charge is 0.383 e. The van der Waals surface area contributed by atoms with Crippen molar-refractivity contribution >= 4 is 11.6 Å². The number of para-hydroxylation sites is 1. The van der Waals surface area contributed by atoms with Crippen LogP contribution >= 0.6 is 0 Å². The summed E-state index contributed by atoms with van der Waals surface area (Å²) in [6, 6.07) is 8.27. The second-order valence-electron chi connectivity index (χ2n) is 5.12. The standard InChI is InChI=1S/C16H24N2O2/c1-20-13-11-17-10-5-12-18-15-8-3-2-6-14(15)7-4-9-16(18)19/h2-3,6,8,17H,4-5,7,9-13H2,1H3. The normalized spacial score (nSPS) is 15.1. The molecule has 20 heavy (non-hydrogen) atoms. The summed E-state index contributed by atoms with van der Waals surface area (Å²) in [5.74, 6) is 0.256. The molecule has 0 unspecified atom stereocenters. The van der Waals surface area contributed by atoms with E-state index in [-0.39, 0.29) is 5.91 Å². The van der Waals surface area contributed by atoms with E-state index in [2.05, 4.69) is 23.5 Å². The van der Waals surface area contributed by atoms with Crippen molar-refractivity contribution in [3.63, 3.8) is 0 Å². The average Bonchev–Trinajstić information content (AvgIpc) is 2.62. The van der Waals surface area contributed by atoms with E-state index in [1.54, 1.807) is 7.11 Å². The van der Waals surface area contributed by atoms with Gasteiger partial charge in [-0.2, -0.15) is 0 Å². The molecular weight excluding hydrogens is 252 g/mol. The van der Waals surface area contributed by atoms with E-state index in [0.717, 1.165) is 51.2 Å². The number of rotatable bonds is 7. The Balaban J connectivity index is 1.90. The van der Waals surface area contributed by atoms with Gasteiger partial charge in [-0.1, -0.05) is 18.2 Å². The fraction of sp³-hybridized carbons (Fsp3) is 0.562. The highest BCUT2D eigenvalue weighted by Crippen LogP contribution is 2.26. The summed E-state index contributed by atoms with van der Waals surface area (Å²) in [6.07, 6.45) is 3.58. The first-order valence-electron chi connectivity index (χ1n) is 7.41. The molecule has 1 aromatic rings. The van der Waals surface area contributed by atoms with Crippen LogP contribution in [0.4, 0.5) is 5.69 Å². The van der Waals surface area contributed by atoms with Gasteiger partial charge in [0, 0.05) is 32.3 Å². The molecule has 0 bridgehead atoms. The lowest BCUT2D eigenvalue weighted by molar-refractivity contribution is -0.118. The summed E-state index contributed by atoms with van der Waals surface area (Å²) in [4.78, 5) is 14.2. The Labute approximate surface area is 121 Å². The fourth-order valence-electron chi connectivity index (χ4n) is 2.59. The molecule has 4 heteroatoms. The Morgan fingerprint density at radius 1 is 1.25 bits per heavy atom. The van der Waals surface area contributed by atoms with Gasteiger partial charge in [0.2, 0.25) is 5.91 Å². The van der Waals surface area contributed by atoms with Crippen molar-refractivity contribution in [2.75, 3.05) is 38.3 Å². The van der Waals surface area contributed by atoms with Gasteiger partial charge >= 0.3 is 0 Å². The van der Waals surface area contributed by atoms with Crippen molar-refractivity contribution in [2.45, 2.75) is 25.7 Å². The first-order valence-corrected chi connectivity index (χ1v) is 7.41. The van der Waals surface area contributed by atoms with Crippen LogP contribution in [-0.4, -0.2) is 39.3 Å². The molecule has 1 amide bonds. The third kappa shape index (κ3) is 4.05. The van der Waals surface area contributed by atoms with Crippen LogP contribution in [-0.2, 0) is 16.0 Å². The average molecular weight is 276 g/mol. The molecule has 1 heterocycles. The molecule has 0 aromatic heterocycles. The fourth-order valence-corrected chi connectivity index (χ4v) is 2.59. The van der Waals surface area contributed by atoms with Crippen LogP contribution in [0.25, 0.3) is 0 Å². The monoisotopic (exact) mass is 276 g/mol. The van der Waals surface area contributed by atoms with Crippen LogP contribution in [0.3, 0.4) is 0 Å². The predicted molar refractivity (Wildman–Crippen MR) is 81.1 cm³/mol. The van der Waals surface area contributed by atoms with E-state index >= 15 is 0 Å². The van der Waals surface area contributed by atoms with Crippen LogP contribution < -0.4 is 10.2 Å². The minimum absolute atomic E-state index is 0.256. The van der Waals surface area contributed by atoms with Crippen LogP contribution in [0, 0.1) is 0 Å². The van der Waals surface area contributed by atoms with Gasteiger partial charge in [0.25, 0.3) is 0 Å². The van der Waals surface area contributed by atoms with Gasteiger partial charge in [0.05, 0.1) is 6.61 Å². The molecule has 0 spiro atoms. The smallest absolute Gasteiger partial charge is 0.226 e. The van der Waals surface area contributed by atoms with Crippen molar-refractivity contribution in [3.05, 3.63) is 29.8 Å². The number of fused-ring (bicyclic) bond motifs is 1. The molecule has 0 saturated heterocycles. The topological polar surface area (TPSA) is 41.6 Å². The molecule has 4 nitrogen and oxygen atoms in total. The number of nitrogens with one attached hydrogen (secondary N) is 1. The van der Waals surface area contributed by atoms with E-state index in [4.69, 9.17) is 4.74 Å². The Morgan fingerprint density at radius 3 is 2.95 bits per heavy atom. The quantitative estimate of drug-likeness (QED) is 0.774. The number of benzene rings is 1. The second-order valence-corrected chi connectivity index (χ2v) is 5.12. The maximum Gasteiger partial charge on any atom is 0.226 e. The molecule has 0 saturated carbocycles. The van der Waals surface area contributed by atoms with E-state index in [9.17, 15) is 4.79 Å². The predicted octanol–water partition coefficient (Wildman–Crippen LogP) is 1.98. The highest BCUT2D eigenvalue weighted by Gasteiger charge is 2.20. The van der Waals surface area contributed by atoms with E-state index in [0.29, 0.717) is 6.42 Å². The van der Waals surface area contributed by atoms with Gasteiger partial charge in [0.15, 0.2) is 0 Å². The highest BCUT2D eigenvalue weighted by atomic mass is 16.5. The van der Waals surface area contributed by atoms with E-state index in [1.165, 1.54) is 5.56 Å². The van der Waals surface area contributed by atoms with Crippen molar-refractivity contribution in [1.82, 2.24) is 5.32 Å². The van der Waals surface area contributed by atoms with Gasteiger partial charge in [-0.05, 0) is 37.4 Å². The van der Waals surface area contributed by atoms with Crippen LogP contribution in [0.2, 0.25) is 0 Å². The maximum absolute atomic E-state index is 12.2. The zero-order valence-corrected chi connectivity index (χ0v) is 12.2. The number of aryl methyl sites for hydroxylation is 1. The Morgan fingerprint density at radius 2 is 2.10 bits per heavy atom. The molecule has 2 rings (SSSR count). The number of carbonyl (C=O) groups is 1. The second kappa shape index (κ2) is 8.02. The van der Waals surface area contributed by atoms with Gasteiger partial charge in [-0.15, -0.1) is 0 Å². The molecule has 1 N–H and O–H groups in total. The van der Waals surface area contributed by atoms with Gasteiger partial charge in [-0.3, -0.25) is 4.79 Å². The molecule has 110 valence electrons. The summed E-state index contributed by atoms with van der Waals surface area (Å²) in [6.45, 7) is 3.29. The number of carbonyl (C=O) groups excluding carboxylic acids is 1. The number of anilines is 1. The lowest BCUT2D eigenvalue weighted by Gasteiger charge is -2.23. The molecule has 0 atom stereocenters. The van der Waals surface area contributed by atoms with Crippen LogP contribution in [0.1, 0.15) is 24.8 Å². The maximum atomic E-state index is 12.2. The molecule has 0 aliphatic carbocycles. The summed E-state index contributed by atoms with van der Waals surface area (Å²) < 4.78 is 4.99. The molecule has 1 aliphatic rings. The Kier molecular flexibility index (Phi) is 6.02. The SMILES string of the molecule is COCCNCCCN1C(=O)CCCc2ccccc21. The summed E-state index contributed by atoms with van der Waals surface area (Å²) in [5, 5.41) is 3.32. The lowest BCUT2D eigenvalue weighted by Crippen LogP contribution is -2.33. The van der Waals surface area contributed by atoms with Crippen molar-refractivity contribution in [1.29, 1.82) is 0 Å². The minimum atomic E-state index is 0.256. The lowest BCUT2D eigenvalue weighted by atomic mass is 10.1. The first-order chi connectivity index (χ1) is 9.83. The Bertz CT molecular complexity index is 434. The molecule has 1 aliphatic heterocycles. The first kappa shape index (κ1) is 15.0. The summed E-state index contributed by atoms with van der Waals surface area (Å²) in [7, 11) is 1.70. The molecule has 1 aromatic carbocycles. The highest BCUT2D eigenvalue weighted by molar-refractivity contribution is 5.94. The minimum Gasteiger partial charge on any atom is -0.383 e. The van der Waals surface area contributed by atoms with E-state index < -0.39 is 0 Å². The number of methoxy groups -OCH3 is 1. The zero-order chi connectivity index (χ0) is 14.2. The zero-order valence-electron chi connectivity index (χ0n) is 12.2. The number of nitrogens with zero attached hydrogens (tertiary/aromatic N) is 1. The number of ether oxygens (including phenoxy) is 1. The van der Waals surface area contributed by atoms with Crippen molar-refractivity contribution in [3.8, 4) is 0 Å². The molecule has 0 fully saturated rings. The van der Waals surface area contributed by atoms with Crippen LogP contribution in [0.15, 0.2) is 24.3 Å².